The molecule has 27 heavy (non-hydrogen) atoms. The SMILES string of the molecule is CCOc1cc(/C=C2/SC(=O)N(c3cccc(Cl)c3)C2=O)cc(Br)c1OC. The molecule has 0 aliphatic carbocycles. The van der Waals surface area contributed by atoms with E-state index in [-0.39, 0.29) is 5.24 Å². The highest BCUT2D eigenvalue weighted by molar-refractivity contribution is 9.10. The molecule has 140 valence electrons. The number of thioether (sulfide) groups is 1. The van der Waals surface area contributed by atoms with Gasteiger partial charge in [-0.1, -0.05) is 17.7 Å². The van der Waals surface area contributed by atoms with Crippen LogP contribution >= 0.6 is 39.3 Å². The Labute approximate surface area is 174 Å². The van der Waals surface area contributed by atoms with E-state index in [1.54, 1.807) is 49.6 Å². The number of imide groups is 1. The van der Waals surface area contributed by atoms with Crippen molar-refractivity contribution in [3.05, 3.63) is 56.4 Å². The minimum atomic E-state index is -0.392. The third kappa shape index (κ3) is 4.15. The van der Waals surface area contributed by atoms with Crippen LogP contribution in [0.3, 0.4) is 0 Å². The van der Waals surface area contributed by atoms with E-state index in [0.29, 0.717) is 43.8 Å². The molecule has 0 radical (unpaired) electrons. The van der Waals surface area contributed by atoms with Gasteiger partial charge in [0.15, 0.2) is 11.5 Å². The zero-order valence-electron chi connectivity index (χ0n) is 14.5. The average molecular weight is 469 g/mol. The Bertz CT molecular complexity index is 947. The lowest BCUT2D eigenvalue weighted by molar-refractivity contribution is -0.113. The molecule has 0 aromatic heterocycles. The van der Waals surface area contributed by atoms with Crippen molar-refractivity contribution in [1.82, 2.24) is 0 Å². The summed E-state index contributed by atoms with van der Waals surface area (Å²) >= 11 is 10.3. The summed E-state index contributed by atoms with van der Waals surface area (Å²) in [4.78, 5) is 26.6. The van der Waals surface area contributed by atoms with Gasteiger partial charge in [-0.25, -0.2) is 4.90 Å². The standard InChI is InChI=1S/C19H15BrClNO4S/c1-3-26-15-8-11(7-14(20)17(15)25-2)9-16-18(23)22(19(24)27-16)13-6-4-5-12(21)10-13/h4-10H,3H2,1-2H3/b16-9+. The van der Waals surface area contributed by atoms with Crippen molar-refractivity contribution in [3.63, 3.8) is 0 Å². The molecule has 2 aromatic rings. The summed E-state index contributed by atoms with van der Waals surface area (Å²) in [5.74, 6) is 0.730. The second kappa shape index (κ2) is 8.37. The maximum Gasteiger partial charge on any atom is 0.298 e. The van der Waals surface area contributed by atoms with Gasteiger partial charge < -0.3 is 9.47 Å². The van der Waals surface area contributed by atoms with E-state index < -0.39 is 5.91 Å². The van der Waals surface area contributed by atoms with Crippen LogP contribution in [0.25, 0.3) is 6.08 Å². The number of carbonyl (C=O) groups is 2. The highest BCUT2D eigenvalue weighted by atomic mass is 79.9. The highest BCUT2D eigenvalue weighted by Crippen LogP contribution is 2.40. The van der Waals surface area contributed by atoms with E-state index in [1.807, 2.05) is 6.92 Å². The van der Waals surface area contributed by atoms with Gasteiger partial charge in [-0.3, -0.25) is 9.59 Å². The van der Waals surface area contributed by atoms with Crippen LogP contribution in [0, 0.1) is 0 Å². The molecule has 2 aromatic carbocycles. The molecule has 8 heteroatoms. The minimum absolute atomic E-state index is 0.319. The fourth-order valence-corrected chi connectivity index (χ4v) is 4.24. The first-order valence-corrected chi connectivity index (χ1v) is 9.97. The first-order chi connectivity index (χ1) is 12.9. The van der Waals surface area contributed by atoms with Gasteiger partial charge in [-0.05, 0) is 76.6 Å². The number of amides is 2. The Kier molecular flexibility index (Phi) is 6.14. The summed E-state index contributed by atoms with van der Waals surface area (Å²) in [5.41, 5.74) is 1.15. The molecule has 0 atom stereocenters. The van der Waals surface area contributed by atoms with Gasteiger partial charge in [0.1, 0.15) is 0 Å². The van der Waals surface area contributed by atoms with Gasteiger partial charge in [-0.15, -0.1) is 0 Å². The van der Waals surface area contributed by atoms with Gasteiger partial charge in [0, 0.05) is 5.02 Å². The fraction of sp³-hybridized carbons (Fsp3) is 0.158. The third-order valence-corrected chi connectivity index (χ3v) is 5.39. The van der Waals surface area contributed by atoms with Crippen molar-refractivity contribution >= 4 is 62.2 Å². The molecule has 3 rings (SSSR count). The van der Waals surface area contributed by atoms with Gasteiger partial charge in [0.2, 0.25) is 0 Å². The molecule has 2 amide bonds. The van der Waals surface area contributed by atoms with Crippen molar-refractivity contribution in [3.8, 4) is 11.5 Å². The molecule has 1 heterocycles. The van der Waals surface area contributed by atoms with Crippen molar-refractivity contribution in [1.29, 1.82) is 0 Å². The van der Waals surface area contributed by atoms with E-state index in [2.05, 4.69) is 15.9 Å². The topological polar surface area (TPSA) is 55.8 Å². The average Bonchev–Trinajstić information content (AvgIpc) is 2.88. The Balaban J connectivity index is 1.96. The van der Waals surface area contributed by atoms with Crippen molar-refractivity contribution < 1.29 is 19.1 Å². The molecule has 0 N–H and O–H groups in total. The van der Waals surface area contributed by atoms with Crippen LogP contribution in [0.15, 0.2) is 45.8 Å². The lowest BCUT2D eigenvalue weighted by atomic mass is 10.1. The molecular formula is C19H15BrClNO4S. The molecule has 1 saturated heterocycles. The zero-order chi connectivity index (χ0) is 19.6. The number of halogens is 2. The molecule has 1 aliphatic heterocycles. The number of hydrogen-bond donors (Lipinski definition) is 0. The number of hydrogen-bond acceptors (Lipinski definition) is 5. The first kappa shape index (κ1) is 19.8. The van der Waals surface area contributed by atoms with Crippen LogP contribution in [0.1, 0.15) is 12.5 Å². The number of rotatable bonds is 5. The Morgan fingerprint density at radius 2 is 2.04 bits per heavy atom. The first-order valence-electron chi connectivity index (χ1n) is 7.98. The van der Waals surface area contributed by atoms with Crippen molar-refractivity contribution in [2.45, 2.75) is 6.92 Å². The Morgan fingerprint density at radius 1 is 1.26 bits per heavy atom. The number of methoxy groups -OCH3 is 1. The minimum Gasteiger partial charge on any atom is -0.492 e. The summed E-state index contributed by atoms with van der Waals surface area (Å²) < 4.78 is 11.6. The lowest BCUT2D eigenvalue weighted by Gasteiger charge is -2.13. The lowest BCUT2D eigenvalue weighted by Crippen LogP contribution is -2.27. The third-order valence-electron chi connectivity index (χ3n) is 3.69. The maximum atomic E-state index is 12.8. The van der Waals surface area contributed by atoms with E-state index in [1.165, 1.54) is 0 Å². The largest absolute Gasteiger partial charge is 0.492 e. The Hall–Kier alpha value is -1.96. The van der Waals surface area contributed by atoms with Crippen LogP contribution in [0.2, 0.25) is 5.02 Å². The number of nitrogens with zero attached hydrogens (tertiary/aromatic N) is 1. The van der Waals surface area contributed by atoms with Gasteiger partial charge in [0.25, 0.3) is 11.1 Å². The molecule has 5 nitrogen and oxygen atoms in total. The number of carbonyl (C=O) groups excluding carboxylic acids is 2. The number of benzene rings is 2. The second-order valence-electron chi connectivity index (χ2n) is 5.46. The van der Waals surface area contributed by atoms with Crippen molar-refractivity contribution in [2.75, 3.05) is 18.6 Å². The monoisotopic (exact) mass is 467 g/mol. The number of ether oxygens (including phenoxy) is 2. The van der Waals surface area contributed by atoms with Crippen LogP contribution in [0.4, 0.5) is 10.5 Å². The summed E-state index contributed by atoms with van der Waals surface area (Å²) in [5, 5.41) is 0.0853. The van der Waals surface area contributed by atoms with E-state index >= 15 is 0 Å². The zero-order valence-corrected chi connectivity index (χ0v) is 17.7. The molecule has 0 unspecified atom stereocenters. The van der Waals surface area contributed by atoms with Crippen LogP contribution < -0.4 is 14.4 Å². The predicted octanol–water partition coefficient (Wildman–Crippen LogP) is 5.75. The molecule has 1 fully saturated rings. The van der Waals surface area contributed by atoms with E-state index in [0.717, 1.165) is 16.7 Å². The Morgan fingerprint density at radius 3 is 2.70 bits per heavy atom. The van der Waals surface area contributed by atoms with Gasteiger partial charge >= 0.3 is 0 Å². The smallest absolute Gasteiger partial charge is 0.298 e. The molecule has 0 bridgehead atoms. The van der Waals surface area contributed by atoms with Crippen LogP contribution in [0.5, 0.6) is 11.5 Å². The summed E-state index contributed by atoms with van der Waals surface area (Å²) in [6, 6.07) is 10.2. The van der Waals surface area contributed by atoms with Crippen LogP contribution in [-0.2, 0) is 4.79 Å². The molecule has 0 spiro atoms. The van der Waals surface area contributed by atoms with E-state index in [4.69, 9.17) is 21.1 Å². The predicted molar refractivity (Wildman–Crippen MR) is 112 cm³/mol. The second-order valence-corrected chi connectivity index (χ2v) is 7.75. The quantitative estimate of drug-likeness (QED) is 0.523. The summed E-state index contributed by atoms with van der Waals surface area (Å²) in [6.07, 6.45) is 1.65. The van der Waals surface area contributed by atoms with Gasteiger partial charge in [0.05, 0.1) is 28.8 Å². The summed E-state index contributed by atoms with van der Waals surface area (Å²) in [6.45, 7) is 2.34. The molecule has 1 aliphatic rings. The van der Waals surface area contributed by atoms with Crippen molar-refractivity contribution in [2.24, 2.45) is 0 Å². The number of anilines is 1. The molecule has 0 saturated carbocycles. The van der Waals surface area contributed by atoms with E-state index in [9.17, 15) is 9.59 Å². The highest BCUT2D eigenvalue weighted by Gasteiger charge is 2.36. The van der Waals surface area contributed by atoms with Crippen LogP contribution in [-0.4, -0.2) is 24.9 Å². The summed E-state index contributed by atoms with van der Waals surface area (Å²) in [7, 11) is 1.55. The maximum absolute atomic E-state index is 12.8. The normalized spacial score (nSPS) is 15.6. The fourth-order valence-electron chi connectivity index (χ4n) is 2.59. The van der Waals surface area contributed by atoms with Gasteiger partial charge in [-0.2, -0.15) is 0 Å². The molecular weight excluding hydrogens is 454 g/mol.